The number of hydrogen-bond acceptors (Lipinski definition) is 2. The fraction of sp³-hybridized carbons (Fsp3) is 0.0625. The molecular formula is C16H13NO. The van der Waals surface area contributed by atoms with Crippen molar-refractivity contribution in [2.75, 3.05) is 0 Å². The lowest BCUT2D eigenvalue weighted by molar-refractivity contribution is 0.222. The van der Waals surface area contributed by atoms with E-state index in [2.05, 4.69) is 17.1 Å². The van der Waals surface area contributed by atoms with E-state index in [9.17, 15) is 5.11 Å². The number of aromatic nitrogens is 1. The van der Waals surface area contributed by atoms with Crippen LogP contribution in [-0.4, -0.2) is 10.1 Å². The number of fused-ring (bicyclic) bond motifs is 1. The maximum atomic E-state index is 10.5. The Morgan fingerprint density at radius 1 is 0.833 bits per heavy atom. The number of rotatable bonds is 2. The highest BCUT2D eigenvalue weighted by molar-refractivity contribution is 5.86. The van der Waals surface area contributed by atoms with Gasteiger partial charge < -0.3 is 5.11 Å². The molecule has 1 heterocycles. The van der Waals surface area contributed by atoms with Gasteiger partial charge in [-0.05, 0) is 34.0 Å². The lowest BCUT2D eigenvalue weighted by Crippen LogP contribution is -2.00. The molecule has 0 unspecified atom stereocenters. The van der Waals surface area contributed by atoms with Gasteiger partial charge in [-0.15, -0.1) is 0 Å². The normalized spacial score (nSPS) is 12.5. The van der Waals surface area contributed by atoms with Crippen LogP contribution < -0.4 is 0 Å². The second-order valence-electron chi connectivity index (χ2n) is 4.25. The number of aliphatic hydroxyl groups is 1. The van der Waals surface area contributed by atoms with Gasteiger partial charge in [0.2, 0.25) is 0 Å². The van der Waals surface area contributed by atoms with Crippen LogP contribution in [0.4, 0.5) is 0 Å². The Balaban J connectivity index is 2.15. The highest BCUT2D eigenvalue weighted by Crippen LogP contribution is 2.28. The molecule has 1 N–H and O–H groups in total. The molecule has 18 heavy (non-hydrogen) atoms. The quantitative estimate of drug-likeness (QED) is 0.739. The van der Waals surface area contributed by atoms with Crippen molar-refractivity contribution in [3.05, 3.63) is 78.1 Å². The second kappa shape index (κ2) is 4.59. The summed E-state index contributed by atoms with van der Waals surface area (Å²) in [7, 11) is 0. The number of benzene rings is 2. The third-order valence-electron chi connectivity index (χ3n) is 3.14. The Morgan fingerprint density at radius 2 is 1.56 bits per heavy atom. The van der Waals surface area contributed by atoms with Gasteiger partial charge >= 0.3 is 0 Å². The zero-order chi connectivity index (χ0) is 12.4. The Morgan fingerprint density at radius 3 is 2.39 bits per heavy atom. The van der Waals surface area contributed by atoms with Gasteiger partial charge in [-0.25, -0.2) is 0 Å². The molecule has 0 fully saturated rings. The van der Waals surface area contributed by atoms with Crippen LogP contribution in [-0.2, 0) is 0 Å². The highest BCUT2D eigenvalue weighted by Gasteiger charge is 2.12. The van der Waals surface area contributed by atoms with Crippen molar-refractivity contribution in [1.29, 1.82) is 0 Å². The number of pyridine rings is 1. The van der Waals surface area contributed by atoms with Crippen molar-refractivity contribution in [1.82, 2.24) is 4.98 Å². The summed E-state index contributed by atoms with van der Waals surface area (Å²) < 4.78 is 0. The van der Waals surface area contributed by atoms with Crippen molar-refractivity contribution in [3.8, 4) is 0 Å². The fourth-order valence-corrected chi connectivity index (χ4v) is 2.21. The van der Waals surface area contributed by atoms with Crippen LogP contribution in [0.1, 0.15) is 17.2 Å². The minimum Gasteiger partial charge on any atom is -0.384 e. The molecule has 0 bridgehead atoms. The third-order valence-corrected chi connectivity index (χ3v) is 3.14. The van der Waals surface area contributed by atoms with E-state index in [1.54, 1.807) is 12.4 Å². The van der Waals surface area contributed by atoms with Crippen LogP contribution in [0.2, 0.25) is 0 Å². The Bertz CT molecular complexity index is 659. The summed E-state index contributed by atoms with van der Waals surface area (Å²) in [6, 6.07) is 17.8. The van der Waals surface area contributed by atoms with Gasteiger partial charge in [0.15, 0.2) is 0 Å². The molecule has 0 spiro atoms. The number of hydrogen-bond donors (Lipinski definition) is 1. The molecule has 88 valence electrons. The van der Waals surface area contributed by atoms with Crippen LogP contribution in [0.5, 0.6) is 0 Å². The fourth-order valence-electron chi connectivity index (χ4n) is 2.21. The maximum absolute atomic E-state index is 10.5. The first-order chi connectivity index (χ1) is 8.86. The summed E-state index contributed by atoms with van der Waals surface area (Å²) in [6.45, 7) is 0. The van der Waals surface area contributed by atoms with Gasteiger partial charge in [0.25, 0.3) is 0 Å². The van der Waals surface area contributed by atoms with Crippen LogP contribution in [0.3, 0.4) is 0 Å². The van der Waals surface area contributed by atoms with Crippen LogP contribution in [0.25, 0.3) is 10.8 Å². The van der Waals surface area contributed by atoms with E-state index in [0.29, 0.717) is 0 Å². The highest BCUT2D eigenvalue weighted by atomic mass is 16.3. The molecule has 0 radical (unpaired) electrons. The third kappa shape index (κ3) is 1.87. The predicted molar refractivity (Wildman–Crippen MR) is 72.2 cm³/mol. The molecule has 1 atom stereocenters. The van der Waals surface area contributed by atoms with Gasteiger partial charge in [-0.1, -0.05) is 42.5 Å². The minimum absolute atomic E-state index is 0.612. The van der Waals surface area contributed by atoms with Gasteiger partial charge in [-0.2, -0.15) is 0 Å². The number of aliphatic hydroxyl groups excluding tert-OH is 1. The first-order valence-electron chi connectivity index (χ1n) is 5.92. The smallest absolute Gasteiger partial charge is 0.105 e. The van der Waals surface area contributed by atoms with Crippen LogP contribution >= 0.6 is 0 Å². The zero-order valence-corrected chi connectivity index (χ0v) is 9.82. The molecule has 0 aliphatic carbocycles. The molecule has 2 heteroatoms. The van der Waals surface area contributed by atoms with Crippen LogP contribution in [0, 0.1) is 0 Å². The molecule has 3 rings (SSSR count). The second-order valence-corrected chi connectivity index (χ2v) is 4.25. The topological polar surface area (TPSA) is 33.1 Å². The van der Waals surface area contributed by atoms with Crippen molar-refractivity contribution in [2.24, 2.45) is 0 Å². The molecule has 0 aliphatic rings. The molecule has 2 aromatic carbocycles. The lowest BCUT2D eigenvalue weighted by Gasteiger charge is -2.13. The summed E-state index contributed by atoms with van der Waals surface area (Å²) in [5, 5.41) is 12.7. The largest absolute Gasteiger partial charge is 0.384 e. The molecule has 0 aliphatic heterocycles. The predicted octanol–water partition coefficient (Wildman–Crippen LogP) is 3.32. The number of nitrogens with zero attached hydrogens (tertiary/aromatic N) is 1. The summed E-state index contributed by atoms with van der Waals surface area (Å²) in [6.07, 6.45) is 2.78. The van der Waals surface area contributed by atoms with Gasteiger partial charge in [0, 0.05) is 12.4 Å². The molecule has 0 saturated heterocycles. The Kier molecular flexibility index (Phi) is 2.79. The van der Waals surface area contributed by atoms with Gasteiger partial charge in [0.05, 0.1) is 0 Å². The minimum atomic E-state index is -0.612. The molecule has 3 aromatic rings. The molecule has 2 nitrogen and oxygen atoms in total. The standard InChI is InChI=1S/C16H13NO/c18-16(13-8-10-17-11-9-13)15-7-3-5-12-4-1-2-6-14(12)15/h1-11,16,18H/t16-/m1/s1. The summed E-state index contributed by atoms with van der Waals surface area (Å²) in [4.78, 5) is 3.97. The maximum Gasteiger partial charge on any atom is 0.105 e. The van der Waals surface area contributed by atoms with Crippen molar-refractivity contribution < 1.29 is 5.11 Å². The van der Waals surface area contributed by atoms with Crippen molar-refractivity contribution in [2.45, 2.75) is 6.10 Å². The van der Waals surface area contributed by atoms with E-state index in [0.717, 1.165) is 21.9 Å². The van der Waals surface area contributed by atoms with E-state index in [1.807, 2.05) is 42.5 Å². The van der Waals surface area contributed by atoms with E-state index >= 15 is 0 Å². The lowest BCUT2D eigenvalue weighted by atomic mass is 9.96. The average Bonchev–Trinajstić information content (AvgIpc) is 2.47. The Hall–Kier alpha value is -2.19. The average molecular weight is 235 g/mol. The summed E-state index contributed by atoms with van der Waals surface area (Å²) in [5.74, 6) is 0. The first-order valence-corrected chi connectivity index (χ1v) is 5.92. The zero-order valence-electron chi connectivity index (χ0n) is 9.82. The SMILES string of the molecule is O[C@H](c1ccncc1)c1cccc2ccccc12. The molecule has 0 amide bonds. The van der Waals surface area contributed by atoms with Gasteiger partial charge in [0.1, 0.15) is 6.10 Å². The Labute approximate surface area is 106 Å². The monoisotopic (exact) mass is 235 g/mol. The van der Waals surface area contributed by atoms with Crippen molar-refractivity contribution >= 4 is 10.8 Å². The summed E-state index contributed by atoms with van der Waals surface area (Å²) >= 11 is 0. The molecule has 0 saturated carbocycles. The first kappa shape index (κ1) is 10.9. The summed E-state index contributed by atoms with van der Waals surface area (Å²) in [5.41, 5.74) is 1.79. The van der Waals surface area contributed by atoms with Crippen molar-refractivity contribution in [3.63, 3.8) is 0 Å². The van der Waals surface area contributed by atoms with E-state index in [1.165, 1.54) is 0 Å². The molecule has 1 aromatic heterocycles. The van der Waals surface area contributed by atoms with E-state index in [4.69, 9.17) is 0 Å². The van der Waals surface area contributed by atoms with E-state index < -0.39 is 6.10 Å². The van der Waals surface area contributed by atoms with Crippen LogP contribution in [0.15, 0.2) is 67.0 Å². The van der Waals surface area contributed by atoms with Gasteiger partial charge in [-0.3, -0.25) is 4.98 Å². The van der Waals surface area contributed by atoms with E-state index in [-0.39, 0.29) is 0 Å². The molecular weight excluding hydrogens is 222 g/mol.